The van der Waals surface area contributed by atoms with Gasteiger partial charge in [0.15, 0.2) is 0 Å². The molecule has 1 aliphatic heterocycles. The van der Waals surface area contributed by atoms with E-state index in [1.54, 1.807) is 11.0 Å². The first-order valence-electron chi connectivity index (χ1n) is 7.78. The Labute approximate surface area is 140 Å². The van der Waals surface area contributed by atoms with Gasteiger partial charge in [0.25, 0.3) is 0 Å². The fourth-order valence-corrected chi connectivity index (χ4v) is 3.02. The van der Waals surface area contributed by atoms with E-state index in [1.165, 1.54) is 6.92 Å². The number of carbonyl (C=O) groups is 2. The Balaban J connectivity index is 2.06. The zero-order valence-electron chi connectivity index (χ0n) is 13.4. The molecule has 0 atom stereocenters. The second-order valence-electron chi connectivity index (χ2n) is 5.71. The summed E-state index contributed by atoms with van der Waals surface area (Å²) in [6.07, 6.45) is 1.48. The summed E-state index contributed by atoms with van der Waals surface area (Å²) in [6, 6.07) is 15.2. The number of nitrogens with one attached hydrogen (secondary N) is 1. The highest BCUT2D eigenvalue weighted by Crippen LogP contribution is 2.37. The fourth-order valence-electron chi connectivity index (χ4n) is 3.02. The number of nitriles is 1. The monoisotopic (exact) mass is 319 g/mol. The van der Waals surface area contributed by atoms with E-state index >= 15 is 0 Å². The van der Waals surface area contributed by atoms with E-state index in [-0.39, 0.29) is 18.2 Å². The average molecular weight is 319 g/mol. The van der Waals surface area contributed by atoms with Crippen LogP contribution in [0.4, 0.5) is 17.1 Å². The molecule has 0 aliphatic carbocycles. The lowest BCUT2D eigenvalue weighted by Crippen LogP contribution is -2.24. The molecular weight excluding hydrogens is 302 g/mol. The molecular formula is C19H17N3O2. The molecule has 2 aromatic carbocycles. The Hall–Kier alpha value is -3.13. The maximum Gasteiger partial charge on any atom is 0.238 e. The van der Waals surface area contributed by atoms with E-state index in [4.69, 9.17) is 5.26 Å². The summed E-state index contributed by atoms with van der Waals surface area (Å²) in [6.45, 7) is 1.53. The van der Waals surface area contributed by atoms with Gasteiger partial charge in [-0.25, -0.2) is 0 Å². The van der Waals surface area contributed by atoms with Crippen LogP contribution in [-0.4, -0.2) is 11.8 Å². The lowest BCUT2D eigenvalue weighted by molar-refractivity contribution is -0.116. The van der Waals surface area contributed by atoms with Crippen LogP contribution in [0.15, 0.2) is 42.5 Å². The van der Waals surface area contributed by atoms with Crippen molar-refractivity contribution in [3.05, 3.63) is 53.6 Å². The van der Waals surface area contributed by atoms with Gasteiger partial charge in [0.05, 0.1) is 17.4 Å². The molecule has 0 saturated carbocycles. The van der Waals surface area contributed by atoms with E-state index < -0.39 is 0 Å². The summed E-state index contributed by atoms with van der Waals surface area (Å²) < 4.78 is 0. The highest BCUT2D eigenvalue weighted by Gasteiger charge is 2.23. The van der Waals surface area contributed by atoms with Crippen molar-refractivity contribution in [1.29, 1.82) is 5.26 Å². The third kappa shape index (κ3) is 2.99. The number of amides is 2. The second kappa shape index (κ2) is 6.55. The van der Waals surface area contributed by atoms with Crippen molar-refractivity contribution in [2.45, 2.75) is 26.2 Å². The van der Waals surface area contributed by atoms with Crippen LogP contribution in [0.3, 0.4) is 0 Å². The molecule has 0 radical (unpaired) electrons. The molecule has 3 rings (SSSR count). The Morgan fingerprint density at radius 1 is 1.12 bits per heavy atom. The highest BCUT2D eigenvalue weighted by molar-refractivity contribution is 6.02. The van der Waals surface area contributed by atoms with Crippen LogP contribution < -0.4 is 10.2 Å². The SMILES string of the molecule is CC(=O)N1c2ccccc2CCc2ccc(NC(=O)CC#N)cc21. The van der Waals surface area contributed by atoms with E-state index in [2.05, 4.69) is 5.32 Å². The van der Waals surface area contributed by atoms with Crippen LogP contribution in [0.1, 0.15) is 24.5 Å². The summed E-state index contributed by atoms with van der Waals surface area (Å²) in [5, 5.41) is 11.3. The van der Waals surface area contributed by atoms with Crippen molar-refractivity contribution in [2.24, 2.45) is 0 Å². The minimum atomic E-state index is -0.360. The first-order chi connectivity index (χ1) is 11.6. The number of nitrogens with zero attached hydrogens (tertiary/aromatic N) is 2. The number of benzene rings is 2. The number of aryl methyl sites for hydroxylation is 2. The Morgan fingerprint density at radius 3 is 2.54 bits per heavy atom. The molecule has 0 spiro atoms. The summed E-state index contributed by atoms with van der Waals surface area (Å²) in [4.78, 5) is 25.6. The normalized spacial score (nSPS) is 12.4. The number of hydrogen-bond acceptors (Lipinski definition) is 3. The maximum atomic E-state index is 12.3. The minimum Gasteiger partial charge on any atom is -0.325 e. The Bertz CT molecular complexity index is 852. The first kappa shape index (κ1) is 15.8. The molecule has 1 aliphatic rings. The fraction of sp³-hybridized carbons (Fsp3) is 0.211. The smallest absolute Gasteiger partial charge is 0.238 e. The summed E-state index contributed by atoms with van der Waals surface area (Å²) in [7, 11) is 0. The maximum absolute atomic E-state index is 12.3. The highest BCUT2D eigenvalue weighted by atomic mass is 16.2. The molecule has 0 unspecified atom stereocenters. The van der Waals surface area contributed by atoms with Crippen LogP contribution in [0, 0.1) is 11.3 Å². The van der Waals surface area contributed by atoms with Crippen molar-refractivity contribution in [1.82, 2.24) is 0 Å². The largest absolute Gasteiger partial charge is 0.325 e. The Morgan fingerprint density at radius 2 is 1.83 bits per heavy atom. The predicted molar refractivity (Wildman–Crippen MR) is 92.0 cm³/mol. The van der Waals surface area contributed by atoms with E-state index in [0.717, 1.165) is 35.3 Å². The molecule has 0 aromatic heterocycles. The predicted octanol–water partition coefficient (Wildman–Crippen LogP) is 3.32. The molecule has 0 saturated heterocycles. The lowest BCUT2D eigenvalue weighted by atomic mass is 10.0. The van der Waals surface area contributed by atoms with Gasteiger partial charge in [-0.3, -0.25) is 14.5 Å². The summed E-state index contributed by atoms with van der Waals surface area (Å²) >= 11 is 0. The average Bonchev–Trinajstić information content (AvgIpc) is 2.71. The van der Waals surface area contributed by atoms with Gasteiger partial charge in [0, 0.05) is 12.6 Å². The Kier molecular flexibility index (Phi) is 4.30. The van der Waals surface area contributed by atoms with Crippen LogP contribution >= 0.6 is 0 Å². The third-order valence-electron chi connectivity index (χ3n) is 4.06. The topological polar surface area (TPSA) is 73.2 Å². The molecule has 1 N–H and O–H groups in total. The number of hydrogen-bond donors (Lipinski definition) is 1. The van der Waals surface area contributed by atoms with Crippen LogP contribution in [0.2, 0.25) is 0 Å². The standard InChI is InChI=1S/C19H17N3O2/c1-13(23)22-17-5-3-2-4-14(17)6-7-15-8-9-16(12-18(15)22)21-19(24)10-11-20/h2-5,8-9,12H,6-7,10H2,1H3,(H,21,24). The van der Waals surface area contributed by atoms with Gasteiger partial charge < -0.3 is 5.32 Å². The lowest BCUT2D eigenvalue weighted by Gasteiger charge is -2.24. The molecule has 2 aromatic rings. The van der Waals surface area contributed by atoms with Gasteiger partial charge in [0.1, 0.15) is 6.42 Å². The van der Waals surface area contributed by atoms with Gasteiger partial charge in [-0.1, -0.05) is 24.3 Å². The minimum absolute atomic E-state index is 0.0777. The first-order valence-corrected chi connectivity index (χ1v) is 7.78. The quantitative estimate of drug-likeness (QED) is 0.923. The van der Waals surface area contributed by atoms with E-state index in [1.807, 2.05) is 42.5 Å². The van der Waals surface area contributed by atoms with Crippen molar-refractivity contribution < 1.29 is 9.59 Å². The van der Waals surface area contributed by atoms with Gasteiger partial charge in [-0.15, -0.1) is 0 Å². The van der Waals surface area contributed by atoms with Gasteiger partial charge in [-0.2, -0.15) is 5.26 Å². The van der Waals surface area contributed by atoms with Crippen LogP contribution in [-0.2, 0) is 22.4 Å². The summed E-state index contributed by atoms with van der Waals surface area (Å²) in [5.41, 5.74) is 4.42. The molecule has 0 bridgehead atoms. The van der Waals surface area contributed by atoms with E-state index in [0.29, 0.717) is 5.69 Å². The summed E-state index contributed by atoms with van der Waals surface area (Å²) in [5.74, 6) is -0.438. The third-order valence-corrected chi connectivity index (χ3v) is 4.06. The number of anilines is 3. The van der Waals surface area contributed by atoms with Crippen molar-refractivity contribution in [3.63, 3.8) is 0 Å². The molecule has 0 fully saturated rings. The zero-order chi connectivity index (χ0) is 17.1. The molecule has 120 valence electrons. The van der Waals surface area contributed by atoms with Crippen molar-refractivity contribution in [3.8, 4) is 6.07 Å². The van der Waals surface area contributed by atoms with Crippen molar-refractivity contribution >= 4 is 28.9 Å². The second-order valence-corrected chi connectivity index (χ2v) is 5.71. The number of carbonyl (C=O) groups excluding carboxylic acids is 2. The van der Waals surface area contributed by atoms with Gasteiger partial charge in [-0.05, 0) is 42.2 Å². The number of rotatable bonds is 2. The molecule has 1 heterocycles. The zero-order valence-corrected chi connectivity index (χ0v) is 13.4. The van der Waals surface area contributed by atoms with Crippen LogP contribution in [0.25, 0.3) is 0 Å². The molecule has 5 nitrogen and oxygen atoms in total. The van der Waals surface area contributed by atoms with Gasteiger partial charge >= 0.3 is 0 Å². The van der Waals surface area contributed by atoms with Crippen molar-refractivity contribution in [2.75, 3.05) is 10.2 Å². The van der Waals surface area contributed by atoms with Crippen LogP contribution in [0.5, 0.6) is 0 Å². The van der Waals surface area contributed by atoms with Gasteiger partial charge in [0.2, 0.25) is 11.8 Å². The number of fused-ring (bicyclic) bond motifs is 2. The molecule has 24 heavy (non-hydrogen) atoms. The van der Waals surface area contributed by atoms with E-state index in [9.17, 15) is 9.59 Å². The molecule has 2 amide bonds. The molecule has 5 heteroatoms. The number of para-hydroxylation sites is 1.